The number of phenols is 1. The lowest BCUT2D eigenvalue weighted by Crippen LogP contribution is -1.97. The molecule has 0 saturated heterocycles. The van der Waals surface area contributed by atoms with E-state index >= 15 is 0 Å². The molecule has 230 valence electrons. The van der Waals surface area contributed by atoms with Crippen LogP contribution >= 0.6 is 12.6 Å². The van der Waals surface area contributed by atoms with Crippen LogP contribution in [0.25, 0.3) is 10.8 Å². The number of thiol groups is 1. The molecule has 44 heavy (non-hydrogen) atoms. The number of benzene rings is 5. The highest BCUT2D eigenvalue weighted by Crippen LogP contribution is 2.45. The number of hydrogen-bond acceptors (Lipinski definition) is 10. The molecule has 0 spiro atoms. The Labute approximate surface area is 264 Å². The van der Waals surface area contributed by atoms with Gasteiger partial charge >= 0.3 is 0 Å². The van der Waals surface area contributed by atoms with Gasteiger partial charge in [0.15, 0.2) is 5.75 Å². The van der Waals surface area contributed by atoms with Gasteiger partial charge in [-0.15, -0.1) is 17.7 Å². The molecule has 0 unspecified atom stereocenters. The van der Waals surface area contributed by atoms with E-state index in [1.165, 1.54) is 5.56 Å². The maximum absolute atomic E-state index is 10.7. The Morgan fingerprint density at radius 1 is 0.682 bits per heavy atom. The number of nitrogens with zero attached hydrogens (tertiary/aromatic N) is 2. The lowest BCUT2D eigenvalue weighted by Gasteiger charge is -2.13. The van der Waals surface area contributed by atoms with Gasteiger partial charge in [0.05, 0.1) is 35.2 Å². The zero-order valence-electron chi connectivity index (χ0n) is 25.9. The second-order valence-electron chi connectivity index (χ2n) is 10.6. The molecule has 5 rings (SSSR count). The van der Waals surface area contributed by atoms with Gasteiger partial charge in [0.25, 0.3) is 0 Å². The highest BCUT2D eigenvalue weighted by atomic mass is 32.1. The molecule has 11 N–H and O–H groups in total. The molecule has 5 aromatic carbocycles. The molecule has 9 nitrogen and oxygen atoms in total. The fourth-order valence-electron chi connectivity index (χ4n) is 4.55. The maximum atomic E-state index is 10.7. The monoisotopic (exact) mass is 611 g/mol. The third kappa shape index (κ3) is 8.26. The lowest BCUT2D eigenvalue weighted by molar-refractivity contribution is 0.417. The molecule has 0 aliphatic carbocycles. The van der Waals surface area contributed by atoms with Gasteiger partial charge in [-0.3, -0.25) is 0 Å². The van der Waals surface area contributed by atoms with E-state index in [-0.39, 0.29) is 11.4 Å². The Hall–Kier alpha value is -5.09. The van der Waals surface area contributed by atoms with Crippen LogP contribution in [0, 0.1) is 34.6 Å². The third-order valence-electron chi connectivity index (χ3n) is 6.76. The summed E-state index contributed by atoms with van der Waals surface area (Å²) >= 11 is 4.45. The first-order valence-corrected chi connectivity index (χ1v) is 14.2. The molecular weight excluding hydrogens is 570 g/mol. The van der Waals surface area contributed by atoms with Gasteiger partial charge < -0.3 is 38.5 Å². The van der Waals surface area contributed by atoms with Crippen molar-refractivity contribution in [2.24, 2.45) is 10.2 Å². The summed E-state index contributed by atoms with van der Waals surface area (Å²) < 4.78 is 4.98. The van der Waals surface area contributed by atoms with Crippen LogP contribution in [0.4, 0.5) is 39.8 Å². The van der Waals surface area contributed by atoms with E-state index < -0.39 is 0 Å². The number of ether oxygens (including phenoxy) is 1. The molecule has 0 atom stereocenters. The first-order valence-electron chi connectivity index (χ1n) is 13.8. The minimum atomic E-state index is -0.0662. The average Bonchev–Trinajstić information content (AvgIpc) is 2.93. The Balaban J connectivity index is 0.000000227. The number of rotatable bonds is 3. The standard InChI is InChI=1S/C19H20N4OS.C8H12N2O.C7H9N/c1-9-4-10(2)6-12(5-9)22-23-18-15(25)8-13-11(3)7-14(20)17(21)16(13)19(18)24;1-5-3-7(10)8(11-2)4-6(5)9;1-6-3-2-4-7(8)5-6/h4-8,24-25H,20-21H2,1-3H3;3-4H,9-10H2,1-2H3;2-5H,8H2,1H3. The number of aryl methyl sites for hydroxylation is 5. The molecule has 0 bridgehead atoms. The van der Waals surface area contributed by atoms with E-state index in [9.17, 15) is 5.11 Å². The molecule has 0 heterocycles. The summed E-state index contributed by atoms with van der Waals surface area (Å²) in [5, 5.41) is 20.4. The van der Waals surface area contributed by atoms with E-state index in [1.54, 1.807) is 25.3 Å². The fraction of sp³-hybridized carbons (Fsp3) is 0.176. The first-order chi connectivity index (χ1) is 20.7. The quantitative estimate of drug-likeness (QED) is 0.0610. The summed E-state index contributed by atoms with van der Waals surface area (Å²) in [7, 11) is 1.57. The van der Waals surface area contributed by atoms with Gasteiger partial charge in [-0.2, -0.15) is 5.11 Å². The van der Waals surface area contributed by atoms with Crippen molar-refractivity contribution < 1.29 is 9.84 Å². The van der Waals surface area contributed by atoms with Crippen LogP contribution in [0.3, 0.4) is 0 Å². The Morgan fingerprint density at radius 3 is 1.89 bits per heavy atom. The second kappa shape index (κ2) is 14.4. The van der Waals surface area contributed by atoms with Gasteiger partial charge in [-0.05, 0) is 110 Å². The van der Waals surface area contributed by atoms with E-state index in [4.69, 9.17) is 33.4 Å². The number of aromatic hydroxyl groups is 1. The van der Waals surface area contributed by atoms with Gasteiger partial charge in [0.2, 0.25) is 0 Å². The predicted molar refractivity (Wildman–Crippen MR) is 189 cm³/mol. The molecule has 0 aromatic heterocycles. The van der Waals surface area contributed by atoms with Crippen molar-refractivity contribution in [2.75, 3.05) is 35.8 Å². The van der Waals surface area contributed by atoms with E-state index in [0.29, 0.717) is 44.5 Å². The molecule has 10 heteroatoms. The lowest BCUT2D eigenvalue weighted by atomic mass is 10.0. The van der Waals surface area contributed by atoms with Crippen molar-refractivity contribution in [3.8, 4) is 11.5 Å². The Morgan fingerprint density at radius 2 is 1.32 bits per heavy atom. The number of fused-ring (bicyclic) bond motifs is 1. The van der Waals surface area contributed by atoms with Crippen LogP contribution in [0.5, 0.6) is 11.5 Å². The Bertz CT molecular complexity index is 1800. The van der Waals surface area contributed by atoms with Gasteiger partial charge in [0.1, 0.15) is 11.4 Å². The van der Waals surface area contributed by atoms with E-state index in [1.807, 2.05) is 77.1 Å². The number of nitrogens with two attached hydrogens (primary N) is 5. The number of azo groups is 1. The SMILES string of the molecule is COc1cc(N)c(C)cc1N.Cc1cc(C)cc(N=Nc2c(S)cc3c(C)cc(N)c(N)c3c2O)c1.Cc1cccc(N)c1. The summed E-state index contributed by atoms with van der Waals surface area (Å²) in [6.07, 6.45) is 0. The van der Waals surface area contributed by atoms with Crippen LogP contribution in [-0.2, 0) is 0 Å². The Kier molecular flexibility index (Phi) is 10.9. The second-order valence-corrected chi connectivity index (χ2v) is 11.1. The third-order valence-corrected chi connectivity index (χ3v) is 7.10. The maximum Gasteiger partial charge on any atom is 0.154 e. The molecule has 0 fully saturated rings. The average molecular weight is 612 g/mol. The molecule has 0 saturated carbocycles. The number of hydrogen-bond donors (Lipinski definition) is 7. The van der Waals surface area contributed by atoms with Crippen LogP contribution in [0.1, 0.15) is 27.8 Å². The number of nitrogen functional groups attached to an aromatic ring is 5. The van der Waals surface area contributed by atoms with Crippen molar-refractivity contribution >= 4 is 63.2 Å². The topological polar surface area (TPSA) is 184 Å². The van der Waals surface area contributed by atoms with Crippen LogP contribution in [-0.4, -0.2) is 12.2 Å². The summed E-state index contributed by atoms with van der Waals surface area (Å²) in [6.45, 7) is 9.83. The predicted octanol–water partition coefficient (Wildman–Crippen LogP) is 8.08. The highest BCUT2D eigenvalue weighted by molar-refractivity contribution is 7.80. The smallest absolute Gasteiger partial charge is 0.154 e. The minimum absolute atomic E-state index is 0.0662. The summed E-state index contributed by atoms with van der Waals surface area (Å²) in [4.78, 5) is 0.519. The van der Waals surface area contributed by atoms with Crippen LogP contribution in [0.15, 0.2) is 81.9 Å². The van der Waals surface area contributed by atoms with Crippen molar-refractivity contribution in [2.45, 2.75) is 39.5 Å². The summed E-state index contributed by atoms with van der Waals surface area (Å²) in [5.41, 5.74) is 37.9. The molecule has 0 aliphatic heterocycles. The minimum Gasteiger partial charge on any atom is -0.505 e. The fourth-order valence-corrected chi connectivity index (χ4v) is 4.83. The van der Waals surface area contributed by atoms with Crippen molar-refractivity contribution in [1.82, 2.24) is 0 Å². The normalized spacial score (nSPS) is 10.6. The molecular formula is C34H41N7O2S. The summed E-state index contributed by atoms with van der Waals surface area (Å²) in [5.74, 6) is 0.566. The highest BCUT2D eigenvalue weighted by Gasteiger charge is 2.16. The molecule has 0 amide bonds. The zero-order chi connectivity index (χ0) is 32.7. The zero-order valence-corrected chi connectivity index (χ0v) is 26.8. The first kappa shape index (κ1) is 33.4. The van der Waals surface area contributed by atoms with E-state index in [2.05, 4.69) is 28.9 Å². The van der Waals surface area contributed by atoms with Crippen molar-refractivity contribution in [1.29, 1.82) is 0 Å². The largest absolute Gasteiger partial charge is 0.505 e. The summed E-state index contributed by atoms with van der Waals surface area (Å²) in [6, 6.07) is 20.8. The van der Waals surface area contributed by atoms with Crippen molar-refractivity contribution in [3.05, 3.63) is 94.5 Å². The van der Waals surface area contributed by atoms with Crippen molar-refractivity contribution in [3.63, 3.8) is 0 Å². The van der Waals surface area contributed by atoms with E-state index in [0.717, 1.165) is 33.3 Å². The van der Waals surface area contributed by atoms with Gasteiger partial charge in [-0.1, -0.05) is 18.2 Å². The number of anilines is 5. The molecule has 5 aromatic rings. The molecule has 0 radical (unpaired) electrons. The number of phenolic OH excluding ortho intramolecular Hbond substituents is 1. The van der Waals surface area contributed by atoms with Gasteiger partial charge in [-0.25, -0.2) is 0 Å². The number of methoxy groups -OCH3 is 1. The van der Waals surface area contributed by atoms with Gasteiger partial charge in [0, 0.05) is 22.3 Å². The molecule has 0 aliphatic rings. The van der Waals surface area contributed by atoms with Crippen LogP contribution in [0.2, 0.25) is 0 Å². The van der Waals surface area contributed by atoms with Crippen LogP contribution < -0.4 is 33.4 Å².